The van der Waals surface area contributed by atoms with Gasteiger partial charge in [-0.2, -0.15) is 16.9 Å². The number of hydrogen-bond acceptors (Lipinski definition) is 15. The molecular formula is C108H77Cl4N9O5Pt4S2. The van der Waals surface area contributed by atoms with Crippen LogP contribution in [0, 0.1) is 52.1 Å². The molecule has 0 radical (unpaired) electrons. The average Bonchev–Trinajstić information content (AvgIpc) is 1.46. The first-order valence-electron chi connectivity index (χ1n) is 40.5. The third kappa shape index (κ3) is 27.1. The van der Waals surface area contributed by atoms with E-state index < -0.39 is 0 Å². The van der Waals surface area contributed by atoms with Crippen molar-refractivity contribution in [2.75, 3.05) is 0 Å². The van der Waals surface area contributed by atoms with Gasteiger partial charge >= 0.3 is 113 Å². The molecule has 0 saturated heterocycles. The Balaban J connectivity index is 0.000000146. The molecule has 24 heteroatoms. The number of thiophene rings is 2. The Labute approximate surface area is 837 Å². The van der Waals surface area contributed by atoms with E-state index in [1.807, 2.05) is 174 Å². The molecule has 132 heavy (non-hydrogen) atoms. The van der Waals surface area contributed by atoms with Crippen molar-refractivity contribution in [3.05, 3.63) is 441 Å². The van der Waals surface area contributed by atoms with Crippen molar-refractivity contribution in [3.63, 3.8) is 0 Å². The largest absolute Gasteiger partial charge is 0.507 e. The summed E-state index contributed by atoms with van der Waals surface area (Å²) in [6.07, 6.45) is 20.7. The maximum atomic E-state index is 5.81. The van der Waals surface area contributed by atoms with E-state index in [1.54, 1.807) is 130 Å². The van der Waals surface area contributed by atoms with Crippen LogP contribution in [0.2, 0.25) is 0 Å². The minimum atomic E-state index is 0.253. The van der Waals surface area contributed by atoms with Gasteiger partial charge < -0.3 is 42.9 Å². The van der Waals surface area contributed by atoms with E-state index in [4.69, 9.17) is 23.4 Å². The second-order valence-electron chi connectivity index (χ2n) is 28.7. The zero-order chi connectivity index (χ0) is 92.2. The SMILES string of the molecule is Cc1cc(-c2ccccc2)cc(C)c1-c1ccnc(-c2[c-]c(Oc3ccccn3)cs2)c1.Cc1cc(-c2ccccc2)cc(C)c1-c1ccnc(-c2[c-]c(Oc3ccccn3)sc2)c1.[Cl][Pt+].[Cl][Pt+].[Cl][Pt+].[Cl][Pt+].[c-]1c(-c2cc(-c3ccc(-c4ccccc4)cc3)ccn2)coc1Oc1ccccn1.[c-]1c(Oc2ccccn2)ccn1-c1cc(-c2ccc(-c3ccccc3)cc2)ccn1. The number of benzene rings is 8. The van der Waals surface area contributed by atoms with Gasteiger partial charge in [0, 0.05) is 79.6 Å². The van der Waals surface area contributed by atoms with E-state index in [2.05, 4.69) is 312 Å². The summed E-state index contributed by atoms with van der Waals surface area (Å²) in [4.78, 5) is 35.8. The fourth-order valence-corrected chi connectivity index (χ4v) is 15.7. The number of rotatable bonds is 20. The first kappa shape index (κ1) is 97.6. The normalized spacial score (nSPS) is 10.3. The van der Waals surface area contributed by atoms with E-state index in [-0.39, 0.29) is 5.95 Å². The first-order valence-corrected chi connectivity index (χ1v) is 53.5. The van der Waals surface area contributed by atoms with Crippen molar-refractivity contribution in [3.8, 4) is 174 Å². The Morgan fingerprint density at radius 1 is 0.288 bits per heavy atom. The van der Waals surface area contributed by atoms with Gasteiger partial charge in [-0.15, -0.1) is 35.3 Å². The molecular weight excluding hydrogens is 2490 g/mol. The Kier molecular flexibility index (Phi) is 37.8. The predicted octanol–water partition coefficient (Wildman–Crippen LogP) is 31.1. The number of furan rings is 1. The summed E-state index contributed by atoms with van der Waals surface area (Å²) >= 11 is 9.50. The molecule has 0 aliphatic heterocycles. The molecule has 20 rings (SSSR count). The summed E-state index contributed by atoms with van der Waals surface area (Å²) in [7, 11) is 18.4. The van der Waals surface area contributed by atoms with Crippen molar-refractivity contribution >= 4 is 60.3 Å². The zero-order valence-corrected chi connectivity index (χ0v) is 84.4. The fourth-order valence-electron chi connectivity index (χ4n) is 14.3. The number of aryl methyl sites for hydroxylation is 4. The quantitative estimate of drug-likeness (QED) is 0.0665. The average molecular weight is 2570 g/mol. The van der Waals surface area contributed by atoms with Crippen LogP contribution in [0.4, 0.5) is 0 Å². The summed E-state index contributed by atoms with van der Waals surface area (Å²) < 4.78 is 30.2. The van der Waals surface area contributed by atoms with E-state index in [0.717, 1.165) is 72.3 Å². The predicted molar refractivity (Wildman–Crippen MR) is 519 cm³/mol. The third-order valence-corrected chi connectivity index (χ3v) is 21.7. The second kappa shape index (κ2) is 51.2. The summed E-state index contributed by atoms with van der Waals surface area (Å²) in [5.41, 5.74) is 28.1. The molecule has 0 aliphatic carbocycles. The molecule has 664 valence electrons. The Bertz CT molecular complexity index is 6470. The van der Waals surface area contributed by atoms with Crippen LogP contribution >= 0.6 is 60.3 Å². The molecule has 0 aliphatic rings. The zero-order valence-electron chi connectivity index (χ0n) is 70.7. The maximum Gasteiger partial charge on any atom is 0.221 e. The van der Waals surface area contributed by atoms with Gasteiger partial charge in [0.05, 0.1) is 11.6 Å². The van der Waals surface area contributed by atoms with Crippen molar-refractivity contribution in [1.82, 2.24) is 44.4 Å². The fraction of sp³-hybridized carbons (Fsp3) is 0.0370. The van der Waals surface area contributed by atoms with E-state index >= 15 is 0 Å². The molecule has 20 aromatic rings. The molecule has 0 saturated carbocycles. The third-order valence-electron chi connectivity index (χ3n) is 20.1. The van der Waals surface area contributed by atoms with E-state index in [0.29, 0.717) is 40.1 Å². The van der Waals surface area contributed by atoms with Crippen LogP contribution in [0.3, 0.4) is 0 Å². The van der Waals surface area contributed by atoms with Gasteiger partial charge in [0.25, 0.3) is 0 Å². The van der Waals surface area contributed by atoms with Crippen LogP contribution in [0.5, 0.6) is 46.0 Å². The van der Waals surface area contributed by atoms with Gasteiger partial charge in [-0.1, -0.05) is 259 Å². The molecule has 8 aromatic carbocycles. The molecule has 14 nitrogen and oxygen atoms in total. The van der Waals surface area contributed by atoms with Crippen LogP contribution in [-0.4, -0.2) is 44.4 Å². The van der Waals surface area contributed by atoms with E-state index in [9.17, 15) is 0 Å². The van der Waals surface area contributed by atoms with Gasteiger partial charge in [0.15, 0.2) is 0 Å². The van der Waals surface area contributed by atoms with Crippen LogP contribution in [0.1, 0.15) is 22.3 Å². The number of aromatic nitrogens is 9. The first-order chi connectivity index (χ1) is 65.0. The van der Waals surface area contributed by atoms with Crippen molar-refractivity contribution in [2.24, 2.45) is 0 Å². The summed E-state index contributed by atoms with van der Waals surface area (Å²) in [6.45, 7) is 8.69. The molecule has 0 bridgehead atoms. The van der Waals surface area contributed by atoms with Gasteiger partial charge in [0.2, 0.25) is 29.5 Å². The van der Waals surface area contributed by atoms with Crippen molar-refractivity contribution in [1.29, 1.82) is 0 Å². The van der Waals surface area contributed by atoms with Crippen LogP contribution in [0.15, 0.2) is 399 Å². The molecule has 0 atom stereocenters. The minimum absolute atomic E-state index is 0.253. The Morgan fingerprint density at radius 2 is 0.652 bits per heavy atom. The van der Waals surface area contributed by atoms with Crippen molar-refractivity contribution < 1.29 is 98.5 Å². The number of pyridine rings is 8. The maximum absolute atomic E-state index is 5.81. The van der Waals surface area contributed by atoms with Crippen LogP contribution in [0.25, 0.3) is 128 Å². The summed E-state index contributed by atoms with van der Waals surface area (Å²) in [5, 5.41) is 4.62. The van der Waals surface area contributed by atoms with Gasteiger partial charge in [-0.05, 0) is 217 Å². The molecule has 12 aromatic heterocycles. The summed E-state index contributed by atoms with van der Waals surface area (Å²) in [6, 6.07) is 118. The molecule has 0 unspecified atom stereocenters. The molecule has 0 spiro atoms. The standard InChI is InChI=1S/2C28H21N2OS.C26H18N3O.C26H17N2O2.4ClH.4Pt/c1-19-14-23(21-8-4-3-5-9-21)15-20(2)28(19)22-11-13-29-25(16-22)26-17-24(18-32-26)31-27-10-6-7-12-30-27;1-19-14-23(21-8-4-3-5-9-21)15-20(2)28(19)22-11-13-29-25(16-22)24-17-27(32-18-24)31-26-10-6-7-12-30-26;1-2-6-20(7-3-1)21-9-11-22(12-10-21)23-13-16-27-25(18-23)29-17-14-24(19-29)30-26-8-4-5-15-28-26;1-2-6-19(7-3-1)20-9-11-21(12-10-20)22-13-15-27-24(16-22)23-17-26(29-18-23)30-25-8-4-5-14-28-25;;;;;;;;/h2*3-16,18H,1-2H3;1-18H;1-16,18H;4*1H;;;;/q4*-1;;;;;4*+2/p-4. The second-order valence-corrected chi connectivity index (χ2v) is 30.4. The molecule has 0 amide bonds. The van der Waals surface area contributed by atoms with Crippen LogP contribution < -0.4 is 18.9 Å². The van der Waals surface area contributed by atoms with Gasteiger partial charge in [0.1, 0.15) is 5.06 Å². The monoisotopic (exact) mass is 2560 g/mol. The van der Waals surface area contributed by atoms with Gasteiger partial charge in [-0.25, -0.2) is 31.3 Å². The Hall–Kier alpha value is -12.0. The van der Waals surface area contributed by atoms with E-state index in [1.165, 1.54) is 89.2 Å². The van der Waals surface area contributed by atoms with Crippen LogP contribution in [-0.2, 0) is 75.1 Å². The number of hydrogen-bond donors (Lipinski definition) is 0. The molecule has 12 heterocycles. The molecule has 0 N–H and O–H groups in total. The summed E-state index contributed by atoms with van der Waals surface area (Å²) in [5.74, 6) is 4.37. The van der Waals surface area contributed by atoms with Crippen molar-refractivity contribution in [2.45, 2.75) is 27.7 Å². The number of nitrogens with zero attached hydrogens (tertiary/aromatic N) is 9. The number of halogens is 4. The topological polar surface area (TPSA) is 158 Å². The molecule has 0 fully saturated rings. The smallest absolute Gasteiger partial charge is 0.221 e. The minimum Gasteiger partial charge on any atom is -0.507 e. The number of ether oxygens (including phenoxy) is 4. The van der Waals surface area contributed by atoms with Gasteiger partial charge in [-0.3, -0.25) is 4.98 Å². The Morgan fingerprint density at radius 3 is 1.11 bits per heavy atom.